The average Bonchev–Trinajstić information content (AvgIpc) is 2.80. The Bertz CT molecular complexity index is 590. The van der Waals surface area contributed by atoms with Crippen molar-refractivity contribution in [2.45, 2.75) is 57.9 Å². The van der Waals surface area contributed by atoms with Gasteiger partial charge in [0.05, 0.1) is 0 Å². The van der Waals surface area contributed by atoms with Gasteiger partial charge in [-0.05, 0) is 32.6 Å². The molecule has 2 fully saturated rings. The van der Waals surface area contributed by atoms with E-state index in [9.17, 15) is 9.59 Å². The van der Waals surface area contributed by atoms with Gasteiger partial charge in [0.2, 0.25) is 5.91 Å². The Labute approximate surface area is 131 Å². The van der Waals surface area contributed by atoms with Crippen molar-refractivity contribution in [1.82, 2.24) is 19.2 Å². The van der Waals surface area contributed by atoms with E-state index in [1.807, 2.05) is 11.8 Å². The highest BCUT2D eigenvalue weighted by molar-refractivity contribution is 5.79. The van der Waals surface area contributed by atoms with Crippen LogP contribution in [0.1, 0.15) is 56.8 Å². The van der Waals surface area contributed by atoms with Gasteiger partial charge in [0.15, 0.2) is 0 Å². The molecule has 1 saturated heterocycles. The number of aryl methyl sites for hydroxylation is 2. The van der Waals surface area contributed by atoms with Crippen LogP contribution in [0.2, 0.25) is 0 Å². The van der Waals surface area contributed by atoms with Crippen molar-refractivity contribution in [3.63, 3.8) is 0 Å². The van der Waals surface area contributed by atoms with E-state index in [1.165, 1.54) is 23.9 Å². The second kappa shape index (κ2) is 6.26. The Morgan fingerprint density at radius 3 is 2.27 bits per heavy atom. The second-order valence-electron chi connectivity index (χ2n) is 6.71. The molecule has 122 valence electrons. The molecular weight excluding hydrogens is 280 g/mol. The fourth-order valence-electron chi connectivity index (χ4n) is 3.97. The monoisotopic (exact) mass is 306 g/mol. The maximum absolute atomic E-state index is 12.6. The predicted octanol–water partition coefficient (Wildman–Crippen LogP) is 1.63. The standard InChI is InChI=1S/C16H26N4O2/c1-12-17-18(2)16(22)20(12)14-8-10-19(11-9-14)15(21)13-6-4-3-5-7-13/h13-14H,3-11H2,1-2H3. The van der Waals surface area contributed by atoms with Gasteiger partial charge in [-0.15, -0.1) is 0 Å². The van der Waals surface area contributed by atoms with Crippen molar-refractivity contribution in [2.75, 3.05) is 13.1 Å². The summed E-state index contributed by atoms with van der Waals surface area (Å²) in [5, 5.41) is 4.20. The molecule has 1 amide bonds. The number of hydrogen-bond acceptors (Lipinski definition) is 3. The van der Waals surface area contributed by atoms with Crippen molar-refractivity contribution < 1.29 is 4.79 Å². The number of piperidine rings is 1. The number of aromatic nitrogens is 3. The molecular formula is C16H26N4O2. The number of carbonyl (C=O) groups excluding carboxylic acids is 1. The van der Waals surface area contributed by atoms with Crippen LogP contribution in [0.4, 0.5) is 0 Å². The fourth-order valence-corrected chi connectivity index (χ4v) is 3.97. The molecule has 22 heavy (non-hydrogen) atoms. The minimum atomic E-state index is -0.0467. The normalized spacial score (nSPS) is 21.3. The average molecular weight is 306 g/mol. The molecule has 1 aliphatic heterocycles. The zero-order valence-corrected chi connectivity index (χ0v) is 13.6. The van der Waals surface area contributed by atoms with Gasteiger partial charge in [-0.1, -0.05) is 19.3 Å². The third-order valence-electron chi connectivity index (χ3n) is 5.22. The molecule has 6 nitrogen and oxygen atoms in total. The van der Waals surface area contributed by atoms with E-state index in [-0.39, 0.29) is 17.6 Å². The van der Waals surface area contributed by atoms with Crippen molar-refractivity contribution in [3.05, 3.63) is 16.3 Å². The molecule has 1 aromatic rings. The summed E-state index contributed by atoms with van der Waals surface area (Å²) in [5.41, 5.74) is -0.0467. The summed E-state index contributed by atoms with van der Waals surface area (Å²) in [7, 11) is 1.69. The van der Waals surface area contributed by atoms with Crippen molar-refractivity contribution in [3.8, 4) is 0 Å². The maximum Gasteiger partial charge on any atom is 0.345 e. The largest absolute Gasteiger partial charge is 0.345 e. The molecule has 0 atom stereocenters. The smallest absolute Gasteiger partial charge is 0.342 e. The Kier molecular flexibility index (Phi) is 4.36. The van der Waals surface area contributed by atoms with Crippen molar-refractivity contribution in [2.24, 2.45) is 13.0 Å². The lowest BCUT2D eigenvalue weighted by atomic mass is 9.87. The summed E-state index contributed by atoms with van der Waals surface area (Å²) in [6, 6.07) is 0.177. The van der Waals surface area contributed by atoms with Crippen LogP contribution in [0.3, 0.4) is 0 Å². The molecule has 2 heterocycles. The molecule has 0 radical (unpaired) electrons. The van der Waals surface area contributed by atoms with E-state index < -0.39 is 0 Å². The lowest BCUT2D eigenvalue weighted by Crippen LogP contribution is -2.44. The Morgan fingerprint density at radius 1 is 1.09 bits per heavy atom. The van der Waals surface area contributed by atoms with Gasteiger partial charge in [-0.3, -0.25) is 9.36 Å². The molecule has 1 aromatic heterocycles. The molecule has 0 aromatic carbocycles. The third kappa shape index (κ3) is 2.83. The summed E-state index contributed by atoms with van der Waals surface area (Å²) < 4.78 is 3.19. The predicted molar refractivity (Wildman–Crippen MR) is 83.6 cm³/mol. The summed E-state index contributed by atoms with van der Waals surface area (Å²) in [6.45, 7) is 3.41. The number of nitrogens with zero attached hydrogens (tertiary/aromatic N) is 4. The quantitative estimate of drug-likeness (QED) is 0.834. The van der Waals surface area contributed by atoms with Crippen molar-refractivity contribution in [1.29, 1.82) is 0 Å². The van der Waals surface area contributed by atoms with Crippen LogP contribution in [-0.2, 0) is 11.8 Å². The number of likely N-dealkylation sites (tertiary alicyclic amines) is 1. The van der Waals surface area contributed by atoms with Crippen molar-refractivity contribution >= 4 is 5.91 Å². The highest BCUT2D eigenvalue weighted by Gasteiger charge is 2.30. The Morgan fingerprint density at radius 2 is 1.73 bits per heavy atom. The molecule has 0 bridgehead atoms. The van der Waals surface area contributed by atoms with Crippen LogP contribution in [0, 0.1) is 12.8 Å². The first-order chi connectivity index (χ1) is 10.6. The van der Waals surface area contributed by atoms with E-state index >= 15 is 0 Å². The topological polar surface area (TPSA) is 60.1 Å². The Hall–Kier alpha value is -1.59. The van der Waals surface area contributed by atoms with Crippen LogP contribution in [0.5, 0.6) is 0 Å². The van der Waals surface area contributed by atoms with Gasteiger partial charge >= 0.3 is 5.69 Å². The Balaban J connectivity index is 1.62. The molecule has 0 spiro atoms. The lowest BCUT2D eigenvalue weighted by Gasteiger charge is -2.35. The number of hydrogen-bond donors (Lipinski definition) is 0. The van der Waals surface area contributed by atoms with Gasteiger partial charge in [0, 0.05) is 32.1 Å². The summed E-state index contributed by atoms with van der Waals surface area (Å²) in [4.78, 5) is 26.7. The minimum absolute atomic E-state index is 0.0467. The van der Waals surface area contributed by atoms with E-state index in [0.717, 1.165) is 44.6 Å². The van der Waals surface area contributed by atoms with Crippen LogP contribution in [0.15, 0.2) is 4.79 Å². The molecule has 1 saturated carbocycles. The van der Waals surface area contributed by atoms with Gasteiger partial charge in [0.25, 0.3) is 0 Å². The van der Waals surface area contributed by atoms with E-state index in [1.54, 1.807) is 11.6 Å². The van der Waals surface area contributed by atoms with Gasteiger partial charge in [0.1, 0.15) is 5.82 Å². The summed E-state index contributed by atoms with van der Waals surface area (Å²) in [6.07, 6.45) is 7.47. The molecule has 3 rings (SSSR count). The molecule has 1 aliphatic carbocycles. The molecule has 0 N–H and O–H groups in total. The summed E-state index contributed by atoms with van der Waals surface area (Å²) in [5.74, 6) is 1.35. The second-order valence-corrected chi connectivity index (χ2v) is 6.71. The molecule has 0 unspecified atom stereocenters. The van der Waals surface area contributed by atoms with Gasteiger partial charge in [-0.25, -0.2) is 9.48 Å². The van der Waals surface area contributed by atoms with Crippen LogP contribution < -0.4 is 5.69 Å². The summed E-state index contributed by atoms with van der Waals surface area (Å²) >= 11 is 0. The highest BCUT2D eigenvalue weighted by Crippen LogP contribution is 2.28. The number of rotatable bonds is 2. The minimum Gasteiger partial charge on any atom is -0.342 e. The van der Waals surface area contributed by atoms with Crippen LogP contribution in [-0.4, -0.2) is 38.2 Å². The maximum atomic E-state index is 12.6. The number of carbonyl (C=O) groups is 1. The first kappa shape index (κ1) is 15.3. The molecule has 6 heteroatoms. The first-order valence-corrected chi connectivity index (χ1v) is 8.49. The SMILES string of the molecule is Cc1nn(C)c(=O)n1C1CCN(C(=O)C2CCCCC2)CC1. The first-order valence-electron chi connectivity index (χ1n) is 8.49. The van der Waals surface area contributed by atoms with Crippen LogP contribution >= 0.6 is 0 Å². The zero-order chi connectivity index (χ0) is 15.7. The molecule has 2 aliphatic rings. The van der Waals surface area contributed by atoms with Gasteiger partial charge < -0.3 is 4.90 Å². The fraction of sp³-hybridized carbons (Fsp3) is 0.812. The van der Waals surface area contributed by atoms with E-state index in [2.05, 4.69) is 5.10 Å². The van der Waals surface area contributed by atoms with Crippen LogP contribution in [0.25, 0.3) is 0 Å². The third-order valence-corrected chi connectivity index (χ3v) is 5.22. The van der Waals surface area contributed by atoms with Gasteiger partial charge in [-0.2, -0.15) is 5.10 Å². The van der Waals surface area contributed by atoms with E-state index in [4.69, 9.17) is 0 Å². The highest BCUT2D eigenvalue weighted by atomic mass is 16.2. The number of amides is 1. The zero-order valence-electron chi connectivity index (χ0n) is 13.6. The lowest BCUT2D eigenvalue weighted by molar-refractivity contribution is -0.137. The van der Waals surface area contributed by atoms with E-state index in [0.29, 0.717) is 5.91 Å².